The molecule has 2 nitrogen and oxygen atoms in total. The normalized spacial score (nSPS) is 24.6. The minimum Gasteiger partial charge on any atom is -0.496 e. The topological polar surface area (TPSA) is 21.3 Å². The maximum absolute atomic E-state index is 5.28. The zero-order chi connectivity index (χ0) is 12.3. The summed E-state index contributed by atoms with van der Waals surface area (Å²) in [5.74, 6) is 2.35. The molecule has 1 aliphatic rings. The molecule has 0 aromatic heterocycles. The molecular weight excluding hydrogens is 278 g/mol. The number of ether oxygens (including phenoxy) is 1. The third-order valence-corrected chi connectivity index (χ3v) is 4.36. The number of methoxy groups -OCH3 is 1. The van der Waals surface area contributed by atoms with Crippen LogP contribution in [0.25, 0.3) is 0 Å². The van der Waals surface area contributed by atoms with E-state index < -0.39 is 0 Å². The third kappa shape index (κ3) is 2.83. The summed E-state index contributed by atoms with van der Waals surface area (Å²) in [4.78, 5) is 0. The molecule has 0 saturated carbocycles. The van der Waals surface area contributed by atoms with Gasteiger partial charge in [-0.25, -0.2) is 0 Å². The number of nitrogens with one attached hydrogen (secondary N) is 1. The molecule has 2 rings (SSSR count). The van der Waals surface area contributed by atoms with E-state index in [1.165, 1.54) is 18.4 Å². The first kappa shape index (κ1) is 12.9. The number of piperidine rings is 1. The lowest BCUT2D eigenvalue weighted by atomic mass is 9.80. The van der Waals surface area contributed by atoms with Gasteiger partial charge in [0.05, 0.1) is 11.6 Å². The molecule has 0 spiro atoms. The van der Waals surface area contributed by atoms with Crippen molar-refractivity contribution >= 4 is 15.9 Å². The van der Waals surface area contributed by atoms with Gasteiger partial charge in [0.2, 0.25) is 0 Å². The Morgan fingerprint density at radius 3 is 2.94 bits per heavy atom. The molecule has 0 amide bonds. The zero-order valence-electron chi connectivity index (χ0n) is 10.5. The van der Waals surface area contributed by atoms with E-state index in [1.54, 1.807) is 7.11 Å². The lowest BCUT2D eigenvalue weighted by Gasteiger charge is -2.32. The highest BCUT2D eigenvalue weighted by Crippen LogP contribution is 2.36. The van der Waals surface area contributed by atoms with Gasteiger partial charge in [-0.05, 0) is 65.0 Å². The Morgan fingerprint density at radius 1 is 1.47 bits per heavy atom. The molecule has 2 atom stereocenters. The predicted octanol–water partition coefficient (Wildman–Crippen LogP) is 3.56. The van der Waals surface area contributed by atoms with Gasteiger partial charge in [0.1, 0.15) is 5.75 Å². The number of benzene rings is 1. The molecule has 17 heavy (non-hydrogen) atoms. The van der Waals surface area contributed by atoms with Crippen LogP contribution in [-0.2, 0) is 0 Å². The van der Waals surface area contributed by atoms with Crippen molar-refractivity contribution < 1.29 is 4.74 Å². The molecule has 1 aromatic rings. The van der Waals surface area contributed by atoms with Crippen molar-refractivity contribution in [1.82, 2.24) is 5.32 Å². The Bertz CT molecular complexity index is 380. The monoisotopic (exact) mass is 297 g/mol. The second kappa shape index (κ2) is 5.87. The number of halogens is 1. The fourth-order valence-corrected chi connectivity index (χ4v) is 3.26. The van der Waals surface area contributed by atoms with Crippen molar-refractivity contribution in [1.29, 1.82) is 0 Å². The van der Waals surface area contributed by atoms with Crippen molar-refractivity contribution in [3.05, 3.63) is 28.2 Å². The highest BCUT2D eigenvalue weighted by Gasteiger charge is 2.25. The summed E-state index contributed by atoms with van der Waals surface area (Å²) in [7, 11) is 1.71. The van der Waals surface area contributed by atoms with Gasteiger partial charge in [0, 0.05) is 0 Å². The summed E-state index contributed by atoms with van der Waals surface area (Å²) in [6, 6.07) is 6.49. The molecule has 3 heteroatoms. The summed E-state index contributed by atoms with van der Waals surface area (Å²) in [5.41, 5.74) is 1.44. The molecule has 2 unspecified atom stereocenters. The van der Waals surface area contributed by atoms with Crippen molar-refractivity contribution in [3.8, 4) is 5.75 Å². The van der Waals surface area contributed by atoms with Crippen molar-refractivity contribution in [2.45, 2.75) is 25.7 Å². The van der Waals surface area contributed by atoms with E-state index in [0.29, 0.717) is 5.92 Å². The second-order valence-corrected chi connectivity index (χ2v) is 5.52. The van der Waals surface area contributed by atoms with Crippen LogP contribution in [0.5, 0.6) is 5.75 Å². The zero-order valence-corrected chi connectivity index (χ0v) is 12.1. The van der Waals surface area contributed by atoms with Crippen LogP contribution >= 0.6 is 15.9 Å². The summed E-state index contributed by atoms with van der Waals surface area (Å²) >= 11 is 3.58. The smallest absolute Gasteiger partial charge is 0.133 e. The first-order valence-electron chi connectivity index (χ1n) is 6.30. The van der Waals surface area contributed by atoms with Gasteiger partial charge in [-0.2, -0.15) is 0 Å². The molecule has 1 heterocycles. The van der Waals surface area contributed by atoms with Crippen LogP contribution in [-0.4, -0.2) is 20.2 Å². The SMILES string of the molecule is CCC1CNCCC1c1ccc(OC)c(Br)c1. The summed E-state index contributed by atoms with van der Waals surface area (Å²) in [5, 5.41) is 3.49. The summed E-state index contributed by atoms with van der Waals surface area (Å²) in [6.07, 6.45) is 2.47. The lowest BCUT2D eigenvalue weighted by Crippen LogP contribution is -2.35. The van der Waals surface area contributed by atoms with Gasteiger partial charge >= 0.3 is 0 Å². The minimum absolute atomic E-state index is 0.684. The molecule has 1 saturated heterocycles. The third-order valence-electron chi connectivity index (χ3n) is 3.74. The second-order valence-electron chi connectivity index (χ2n) is 4.66. The van der Waals surface area contributed by atoms with Gasteiger partial charge in [-0.15, -0.1) is 0 Å². The molecule has 0 bridgehead atoms. The number of rotatable bonds is 3. The Hall–Kier alpha value is -0.540. The largest absolute Gasteiger partial charge is 0.496 e. The lowest BCUT2D eigenvalue weighted by molar-refractivity contribution is 0.317. The Balaban J connectivity index is 2.23. The van der Waals surface area contributed by atoms with Gasteiger partial charge in [-0.1, -0.05) is 19.4 Å². The van der Waals surface area contributed by atoms with Crippen molar-refractivity contribution in [3.63, 3.8) is 0 Å². The first-order chi connectivity index (χ1) is 8.26. The van der Waals surface area contributed by atoms with Crippen LogP contribution < -0.4 is 10.1 Å². The van der Waals surface area contributed by atoms with E-state index in [-0.39, 0.29) is 0 Å². The maximum Gasteiger partial charge on any atom is 0.133 e. The van der Waals surface area contributed by atoms with Gasteiger partial charge in [0.15, 0.2) is 0 Å². The van der Waals surface area contributed by atoms with Crippen molar-refractivity contribution in [2.75, 3.05) is 20.2 Å². The van der Waals surface area contributed by atoms with E-state index in [4.69, 9.17) is 4.74 Å². The van der Waals surface area contributed by atoms with Crippen LogP contribution in [0.15, 0.2) is 22.7 Å². The molecule has 94 valence electrons. The Labute approximate surface area is 112 Å². The quantitative estimate of drug-likeness (QED) is 0.921. The van der Waals surface area contributed by atoms with Gasteiger partial charge < -0.3 is 10.1 Å². The molecular formula is C14H20BrNO. The predicted molar refractivity (Wildman–Crippen MR) is 74.7 cm³/mol. The standard InChI is InChI=1S/C14H20BrNO/c1-3-10-9-16-7-6-12(10)11-4-5-14(17-2)13(15)8-11/h4-5,8,10,12,16H,3,6-7,9H2,1-2H3. The van der Waals surface area contributed by atoms with Crippen LogP contribution in [0.1, 0.15) is 31.2 Å². The van der Waals surface area contributed by atoms with Crippen LogP contribution in [0, 0.1) is 5.92 Å². The Kier molecular flexibility index (Phi) is 4.46. The number of hydrogen-bond donors (Lipinski definition) is 1. The van der Waals surface area contributed by atoms with Crippen LogP contribution in [0.3, 0.4) is 0 Å². The van der Waals surface area contributed by atoms with Crippen molar-refractivity contribution in [2.24, 2.45) is 5.92 Å². The van der Waals surface area contributed by atoms with Crippen LogP contribution in [0.4, 0.5) is 0 Å². The maximum atomic E-state index is 5.28. The van der Waals surface area contributed by atoms with E-state index in [2.05, 4.69) is 46.4 Å². The molecule has 0 aliphatic carbocycles. The molecule has 1 N–H and O–H groups in total. The highest BCUT2D eigenvalue weighted by molar-refractivity contribution is 9.10. The number of hydrogen-bond acceptors (Lipinski definition) is 2. The molecule has 0 radical (unpaired) electrons. The fourth-order valence-electron chi connectivity index (χ4n) is 2.70. The summed E-state index contributed by atoms with van der Waals surface area (Å²) in [6.45, 7) is 4.55. The highest BCUT2D eigenvalue weighted by atomic mass is 79.9. The molecule has 1 fully saturated rings. The fraction of sp³-hybridized carbons (Fsp3) is 0.571. The van der Waals surface area contributed by atoms with E-state index in [1.807, 2.05) is 0 Å². The Morgan fingerprint density at radius 2 is 2.29 bits per heavy atom. The van der Waals surface area contributed by atoms with E-state index in [9.17, 15) is 0 Å². The molecule has 1 aliphatic heterocycles. The average molecular weight is 298 g/mol. The molecule has 1 aromatic carbocycles. The first-order valence-corrected chi connectivity index (χ1v) is 7.09. The minimum atomic E-state index is 0.684. The summed E-state index contributed by atoms with van der Waals surface area (Å²) < 4.78 is 6.34. The van der Waals surface area contributed by atoms with E-state index >= 15 is 0 Å². The van der Waals surface area contributed by atoms with Crippen LogP contribution in [0.2, 0.25) is 0 Å². The van der Waals surface area contributed by atoms with Gasteiger partial charge in [-0.3, -0.25) is 0 Å². The average Bonchev–Trinajstić information content (AvgIpc) is 2.38. The van der Waals surface area contributed by atoms with Gasteiger partial charge in [0.25, 0.3) is 0 Å². The van der Waals surface area contributed by atoms with E-state index in [0.717, 1.165) is 29.2 Å².